The van der Waals surface area contributed by atoms with Crippen molar-refractivity contribution in [2.75, 3.05) is 6.54 Å². The molecule has 0 spiro atoms. The Kier molecular flexibility index (Phi) is 2.64. The number of rotatable bonds is 3. The van der Waals surface area contributed by atoms with Gasteiger partial charge in [0.15, 0.2) is 5.76 Å². The van der Waals surface area contributed by atoms with Gasteiger partial charge in [0.2, 0.25) is 0 Å². The maximum atomic E-state index is 11.3. The van der Waals surface area contributed by atoms with Crippen molar-refractivity contribution < 1.29 is 4.42 Å². The molecule has 2 heterocycles. The fourth-order valence-electron chi connectivity index (χ4n) is 1.29. The highest BCUT2D eigenvalue weighted by Gasteiger charge is 2.04. The van der Waals surface area contributed by atoms with Crippen molar-refractivity contribution in [2.24, 2.45) is 5.73 Å². The fourth-order valence-corrected chi connectivity index (χ4v) is 1.29. The molecule has 0 radical (unpaired) electrons. The molecule has 0 aliphatic heterocycles. The van der Waals surface area contributed by atoms with E-state index in [1.807, 2.05) is 0 Å². The summed E-state index contributed by atoms with van der Waals surface area (Å²) in [6.45, 7) is 0.794. The second-order valence-electron chi connectivity index (χ2n) is 3.05. The molecule has 15 heavy (non-hydrogen) atoms. The predicted octanol–water partition coefficient (Wildman–Crippen LogP) is 0.462. The van der Waals surface area contributed by atoms with Crippen molar-refractivity contribution in [3.8, 4) is 11.5 Å². The predicted molar refractivity (Wildman–Crippen MR) is 55.3 cm³/mol. The first-order valence-corrected chi connectivity index (χ1v) is 4.63. The number of nitrogens with zero attached hydrogens (tertiary/aromatic N) is 2. The van der Waals surface area contributed by atoms with E-state index in [0.29, 0.717) is 24.5 Å². The molecule has 78 valence electrons. The minimum Gasteiger partial charge on any atom is -0.463 e. The first-order valence-electron chi connectivity index (χ1n) is 4.63. The van der Waals surface area contributed by atoms with Gasteiger partial charge in [0, 0.05) is 12.6 Å². The van der Waals surface area contributed by atoms with Gasteiger partial charge >= 0.3 is 0 Å². The topological polar surface area (TPSA) is 74.1 Å². The number of hydrogen-bond donors (Lipinski definition) is 1. The summed E-state index contributed by atoms with van der Waals surface area (Å²) in [4.78, 5) is 11.3. The molecule has 2 N–H and O–H groups in total. The summed E-state index contributed by atoms with van der Waals surface area (Å²) >= 11 is 0. The number of furan rings is 1. The van der Waals surface area contributed by atoms with Crippen molar-refractivity contribution in [2.45, 2.75) is 6.54 Å². The van der Waals surface area contributed by atoms with Crippen LogP contribution in [0.3, 0.4) is 0 Å². The molecule has 0 aliphatic rings. The van der Waals surface area contributed by atoms with Crippen LogP contribution in [0.4, 0.5) is 0 Å². The lowest BCUT2D eigenvalue weighted by atomic mass is 10.3. The Morgan fingerprint density at radius 1 is 1.40 bits per heavy atom. The highest BCUT2D eigenvalue weighted by molar-refractivity contribution is 5.50. The Morgan fingerprint density at radius 3 is 2.93 bits per heavy atom. The van der Waals surface area contributed by atoms with E-state index in [1.54, 1.807) is 24.5 Å². The number of nitrogens with two attached hydrogens (primary N) is 1. The van der Waals surface area contributed by atoms with Gasteiger partial charge in [0.05, 0.1) is 12.8 Å². The first kappa shape index (κ1) is 9.67. The molecule has 0 atom stereocenters. The largest absolute Gasteiger partial charge is 0.463 e. The first-order chi connectivity index (χ1) is 7.31. The van der Waals surface area contributed by atoms with Crippen LogP contribution in [-0.2, 0) is 6.54 Å². The standard InChI is InChI=1S/C10H11N3O2/c11-5-6-13-10(14)4-3-8(12-13)9-2-1-7-15-9/h1-4,7H,5-6,11H2. The summed E-state index contributed by atoms with van der Waals surface area (Å²) in [6.07, 6.45) is 1.56. The molecular formula is C10H11N3O2. The zero-order valence-electron chi connectivity index (χ0n) is 8.09. The molecule has 0 fully saturated rings. The zero-order chi connectivity index (χ0) is 10.7. The summed E-state index contributed by atoms with van der Waals surface area (Å²) in [7, 11) is 0. The van der Waals surface area contributed by atoms with Gasteiger partial charge in [-0.1, -0.05) is 0 Å². The highest BCUT2D eigenvalue weighted by atomic mass is 16.3. The lowest BCUT2D eigenvalue weighted by Crippen LogP contribution is -2.25. The Balaban J connectivity index is 2.43. The molecule has 0 unspecified atom stereocenters. The molecule has 2 rings (SSSR count). The fraction of sp³-hybridized carbons (Fsp3) is 0.200. The molecule has 0 bridgehead atoms. The van der Waals surface area contributed by atoms with Gasteiger partial charge in [-0.15, -0.1) is 0 Å². The van der Waals surface area contributed by atoms with E-state index in [2.05, 4.69) is 5.10 Å². The quantitative estimate of drug-likeness (QED) is 0.790. The molecule has 0 aromatic carbocycles. The van der Waals surface area contributed by atoms with E-state index in [-0.39, 0.29) is 5.56 Å². The number of hydrogen-bond acceptors (Lipinski definition) is 4. The van der Waals surface area contributed by atoms with E-state index in [1.165, 1.54) is 10.7 Å². The molecule has 0 aliphatic carbocycles. The van der Waals surface area contributed by atoms with Gasteiger partial charge in [-0.2, -0.15) is 5.10 Å². The van der Waals surface area contributed by atoms with Crippen molar-refractivity contribution in [3.63, 3.8) is 0 Å². The van der Waals surface area contributed by atoms with E-state index < -0.39 is 0 Å². The average molecular weight is 205 g/mol. The number of aromatic nitrogens is 2. The van der Waals surface area contributed by atoms with Gasteiger partial charge in [-0.3, -0.25) is 4.79 Å². The summed E-state index contributed by atoms with van der Waals surface area (Å²) in [5, 5.41) is 4.13. The Labute approximate surface area is 86.1 Å². The second-order valence-corrected chi connectivity index (χ2v) is 3.05. The third kappa shape index (κ3) is 1.97. The van der Waals surface area contributed by atoms with Gasteiger partial charge in [-0.25, -0.2) is 4.68 Å². The van der Waals surface area contributed by atoms with Crippen LogP contribution in [0.5, 0.6) is 0 Å². The summed E-state index contributed by atoms with van der Waals surface area (Å²) in [5.74, 6) is 0.640. The summed E-state index contributed by atoms with van der Waals surface area (Å²) < 4.78 is 6.51. The molecule has 2 aromatic rings. The monoisotopic (exact) mass is 205 g/mol. The summed E-state index contributed by atoms with van der Waals surface area (Å²) in [6, 6.07) is 6.66. The third-order valence-electron chi connectivity index (χ3n) is 1.98. The van der Waals surface area contributed by atoms with Crippen LogP contribution < -0.4 is 11.3 Å². The Hall–Kier alpha value is -1.88. The van der Waals surface area contributed by atoms with Crippen LogP contribution in [0.2, 0.25) is 0 Å². The van der Waals surface area contributed by atoms with Gasteiger partial charge in [-0.05, 0) is 18.2 Å². The van der Waals surface area contributed by atoms with E-state index in [0.717, 1.165) is 0 Å². The normalized spacial score (nSPS) is 10.5. The Bertz CT molecular complexity index is 488. The molecule has 0 saturated carbocycles. The van der Waals surface area contributed by atoms with Crippen LogP contribution in [0.1, 0.15) is 0 Å². The Morgan fingerprint density at radius 2 is 2.27 bits per heavy atom. The van der Waals surface area contributed by atoms with E-state index in [4.69, 9.17) is 10.2 Å². The minimum atomic E-state index is -0.157. The minimum absolute atomic E-state index is 0.157. The molecule has 5 nitrogen and oxygen atoms in total. The highest BCUT2D eigenvalue weighted by Crippen LogP contribution is 2.14. The molecule has 0 amide bonds. The lowest BCUT2D eigenvalue weighted by molar-refractivity contribution is 0.558. The molecule has 0 saturated heterocycles. The van der Waals surface area contributed by atoms with Gasteiger partial charge in [0.1, 0.15) is 5.69 Å². The smallest absolute Gasteiger partial charge is 0.266 e. The van der Waals surface area contributed by atoms with Crippen LogP contribution in [0.15, 0.2) is 39.7 Å². The van der Waals surface area contributed by atoms with Crippen LogP contribution in [-0.4, -0.2) is 16.3 Å². The third-order valence-corrected chi connectivity index (χ3v) is 1.98. The van der Waals surface area contributed by atoms with Crippen molar-refractivity contribution in [1.82, 2.24) is 9.78 Å². The second kappa shape index (κ2) is 4.10. The van der Waals surface area contributed by atoms with Crippen LogP contribution in [0.25, 0.3) is 11.5 Å². The molecule has 5 heteroatoms. The van der Waals surface area contributed by atoms with Crippen molar-refractivity contribution >= 4 is 0 Å². The summed E-state index contributed by atoms with van der Waals surface area (Å²) in [5.41, 5.74) is 5.85. The molecular weight excluding hydrogens is 194 g/mol. The van der Waals surface area contributed by atoms with E-state index in [9.17, 15) is 4.79 Å². The maximum absolute atomic E-state index is 11.3. The van der Waals surface area contributed by atoms with Crippen LogP contribution >= 0.6 is 0 Å². The lowest BCUT2D eigenvalue weighted by Gasteiger charge is -2.03. The SMILES string of the molecule is NCCn1nc(-c2ccco2)ccc1=O. The van der Waals surface area contributed by atoms with Gasteiger partial charge in [0.25, 0.3) is 5.56 Å². The molecule has 2 aromatic heterocycles. The zero-order valence-corrected chi connectivity index (χ0v) is 8.09. The average Bonchev–Trinajstić information content (AvgIpc) is 2.75. The van der Waals surface area contributed by atoms with Crippen LogP contribution in [0, 0.1) is 0 Å². The van der Waals surface area contributed by atoms with Crippen molar-refractivity contribution in [3.05, 3.63) is 40.9 Å². The van der Waals surface area contributed by atoms with Gasteiger partial charge < -0.3 is 10.2 Å². The van der Waals surface area contributed by atoms with E-state index >= 15 is 0 Å². The maximum Gasteiger partial charge on any atom is 0.266 e. The van der Waals surface area contributed by atoms with Crippen molar-refractivity contribution in [1.29, 1.82) is 0 Å².